The molecule has 5 aliphatic rings. The quantitative estimate of drug-likeness (QED) is 0.439. The molecule has 0 N–H and O–H groups in total. The molecule has 0 spiro atoms. The van der Waals surface area contributed by atoms with Crippen molar-refractivity contribution >= 4 is 17.6 Å². The van der Waals surface area contributed by atoms with Crippen LogP contribution in [-0.4, -0.2) is 18.3 Å². The monoisotopic (exact) mass is 440 g/mol. The lowest BCUT2D eigenvalue weighted by atomic mass is 9.48. The van der Waals surface area contributed by atoms with E-state index in [0.717, 1.165) is 30.0 Å². The van der Waals surface area contributed by atoms with Gasteiger partial charge in [0.05, 0.1) is 5.69 Å². The molecule has 0 radical (unpaired) electrons. The van der Waals surface area contributed by atoms with E-state index in [1.165, 1.54) is 61.8 Å². The third-order valence-electron chi connectivity index (χ3n) is 9.61. The zero-order chi connectivity index (χ0) is 22.8. The summed E-state index contributed by atoms with van der Waals surface area (Å²) in [4.78, 5) is 7.43. The number of benzene rings is 2. The van der Waals surface area contributed by atoms with Crippen LogP contribution >= 0.6 is 0 Å². The summed E-state index contributed by atoms with van der Waals surface area (Å²) in [5.74, 6) is 3.56. The largest absolute Gasteiger partial charge is 0.366 e. The van der Waals surface area contributed by atoms with E-state index in [0.29, 0.717) is 11.3 Å². The number of fused-ring (bicyclic) bond motifs is 1. The second-order valence-corrected chi connectivity index (χ2v) is 12.5. The molecule has 1 atom stereocenters. The van der Waals surface area contributed by atoms with Crippen LogP contribution in [0.3, 0.4) is 0 Å². The summed E-state index contributed by atoms with van der Waals surface area (Å²) >= 11 is 0. The SMILES string of the molecule is CCN1c2ccc(C=Nc3ccc(C45CC6CC(CC(C6)C4)C5)cc3)cc2C(C)CC1(C)C. The number of rotatable bonds is 4. The van der Waals surface area contributed by atoms with Gasteiger partial charge in [0.25, 0.3) is 0 Å². The summed E-state index contributed by atoms with van der Waals surface area (Å²) in [6.45, 7) is 10.4. The van der Waals surface area contributed by atoms with Crippen molar-refractivity contribution in [2.45, 2.75) is 89.5 Å². The van der Waals surface area contributed by atoms with Crippen LogP contribution in [0.15, 0.2) is 47.5 Å². The lowest BCUT2D eigenvalue weighted by molar-refractivity contribution is -0.00518. The number of hydrogen-bond donors (Lipinski definition) is 0. The third-order valence-corrected chi connectivity index (χ3v) is 9.61. The summed E-state index contributed by atoms with van der Waals surface area (Å²) in [7, 11) is 0. The molecule has 4 aliphatic carbocycles. The Kier molecular flexibility index (Phi) is 5.02. The molecular weight excluding hydrogens is 400 g/mol. The van der Waals surface area contributed by atoms with Crippen molar-refractivity contribution in [2.75, 3.05) is 11.4 Å². The zero-order valence-electron chi connectivity index (χ0n) is 21.0. The van der Waals surface area contributed by atoms with Gasteiger partial charge in [-0.3, -0.25) is 4.99 Å². The van der Waals surface area contributed by atoms with Crippen LogP contribution in [0.4, 0.5) is 11.4 Å². The molecule has 4 fully saturated rings. The Hall–Kier alpha value is -2.09. The lowest BCUT2D eigenvalue weighted by Gasteiger charge is -2.57. The minimum Gasteiger partial charge on any atom is -0.366 e. The van der Waals surface area contributed by atoms with E-state index < -0.39 is 0 Å². The topological polar surface area (TPSA) is 15.6 Å². The van der Waals surface area contributed by atoms with Crippen LogP contribution in [0.1, 0.15) is 95.2 Å². The van der Waals surface area contributed by atoms with E-state index in [9.17, 15) is 0 Å². The first-order valence-electron chi connectivity index (χ1n) is 13.4. The van der Waals surface area contributed by atoms with Gasteiger partial charge < -0.3 is 4.90 Å². The van der Waals surface area contributed by atoms with Gasteiger partial charge in [-0.25, -0.2) is 0 Å². The Morgan fingerprint density at radius 1 is 0.909 bits per heavy atom. The minimum atomic E-state index is 0.217. The Bertz CT molecular complexity index is 1030. The van der Waals surface area contributed by atoms with Crippen molar-refractivity contribution in [3.63, 3.8) is 0 Å². The molecule has 1 unspecified atom stereocenters. The molecule has 0 saturated heterocycles. The van der Waals surface area contributed by atoms with Crippen LogP contribution in [-0.2, 0) is 5.41 Å². The van der Waals surface area contributed by atoms with E-state index in [1.54, 1.807) is 5.56 Å². The van der Waals surface area contributed by atoms with Crippen LogP contribution < -0.4 is 4.90 Å². The fourth-order valence-corrected chi connectivity index (χ4v) is 8.70. The van der Waals surface area contributed by atoms with Crippen molar-refractivity contribution in [3.8, 4) is 0 Å². The summed E-state index contributed by atoms with van der Waals surface area (Å²) < 4.78 is 0. The predicted molar refractivity (Wildman–Crippen MR) is 140 cm³/mol. The van der Waals surface area contributed by atoms with Crippen LogP contribution in [0, 0.1) is 17.8 Å². The maximum atomic E-state index is 4.87. The van der Waals surface area contributed by atoms with Gasteiger partial charge in [0.15, 0.2) is 0 Å². The first kappa shape index (κ1) is 21.4. The van der Waals surface area contributed by atoms with Crippen LogP contribution in [0.5, 0.6) is 0 Å². The normalized spacial score (nSPS) is 34.1. The molecule has 4 saturated carbocycles. The van der Waals surface area contributed by atoms with Gasteiger partial charge in [-0.1, -0.05) is 25.1 Å². The maximum Gasteiger partial charge on any atom is 0.0630 e. The first-order chi connectivity index (χ1) is 15.8. The Labute approximate surface area is 200 Å². The maximum absolute atomic E-state index is 4.87. The highest BCUT2D eigenvalue weighted by atomic mass is 15.2. The average molecular weight is 441 g/mol. The molecule has 33 heavy (non-hydrogen) atoms. The average Bonchev–Trinajstić information content (AvgIpc) is 2.77. The molecule has 1 heterocycles. The van der Waals surface area contributed by atoms with Crippen molar-refractivity contribution < 1.29 is 0 Å². The number of anilines is 1. The molecule has 2 heteroatoms. The van der Waals surface area contributed by atoms with Gasteiger partial charge in [0.1, 0.15) is 0 Å². The van der Waals surface area contributed by atoms with Crippen molar-refractivity contribution in [2.24, 2.45) is 22.7 Å². The number of hydrogen-bond acceptors (Lipinski definition) is 2. The number of aliphatic imine (C=N–C) groups is 1. The summed E-state index contributed by atoms with van der Waals surface area (Å²) in [6.07, 6.45) is 12.1. The molecular formula is C31H40N2. The molecule has 1 aliphatic heterocycles. The Morgan fingerprint density at radius 2 is 1.55 bits per heavy atom. The van der Waals surface area contributed by atoms with Gasteiger partial charge in [-0.15, -0.1) is 0 Å². The van der Waals surface area contributed by atoms with Crippen molar-refractivity contribution in [3.05, 3.63) is 59.2 Å². The van der Waals surface area contributed by atoms with E-state index in [-0.39, 0.29) is 5.54 Å². The van der Waals surface area contributed by atoms with Gasteiger partial charge in [-0.2, -0.15) is 0 Å². The second-order valence-electron chi connectivity index (χ2n) is 12.5. The highest BCUT2D eigenvalue weighted by molar-refractivity contribution is 5.83. The molecule has 7 rings (SSSR count). The van der Waals surface area contributed by atoms with Gasteiger partial charge in [-0.05, 0) is 136 Å². The van der Waals surface area contributed by atoms with Gasteiger partial charge in [0, 0.05) is 24.0 Å². The van der Waals surface area contributed by atoms with E-state index in [1.807, 2.05) is 0 Å². The molecule has 2 aromatic rings. The third kappa shape index (κ3) is 3.65. The van der Waals surface area contributed by atoms with Crippen molar-refractivity contribution in [1.82, 2.24) is 0 Å². The zero-order valence-corrected chi connectivity index (χ0v) is 21.0. The molecule has 2 nitrogen and oxygen atoms in total. The molecule has 174 valence electrons. The second kappa shape index (κ2) is 7.72. The smallest absolute Gasteiger partial charge is 0.0630 e. The van der Waals surface area contributed by atoms with Crippen LogP contribution in [0.2, 0.25) is 0 Å². The minimum absolute atomic E-state index is 0.217. The highest BCUT2D eigenvalue weighted by Crippen LogP contribution is 2.60. The summed E-state index contributed by atoms with van der Waals surface area (Å²) in [5, 5.41) is 0. The van der Waals surface area contributed by atoms with Gasteiger partial charge >= 0.3 is 0 Å². The Balaban J connectivity index is 1.21. The lowest BCUT2D eigenvalue weighted by Crippen LogP contribution is -2.48. The van der Waals surface area contributed by atoms with Gasteiger partial charge in [0.2, 0.25) is 0 Å². The molecule has 0 aromatic heterocycles. The predicted octanol–water partition coefficient (Wildman–Crippen LogP) is 8.02. The molecule has 2 aromatic carbocycles. The summed E-state index contributed by atoms with van der Waals surface area (Å²) in [6, 6.07) is 16.2. The van der Waals surface area contributed by atoms with E-state index >= 15 is 0 Å². The molecule has 4 bridgehead atoms. The molecule has 0 amide bonds. The van der Waals surface area contributed by atoms with E-state index in [4.69, 9.17) is 4.99 Å². The van der Waals surface area contributed by atoms with E-state index in [2.05, 4.69) is 81.3 Å². The fourth-order valence-electron chi connectivity index (χ4n) is 8.70. The first-order valence-corrected chi connectivity index (χ1v) is 13.4. The highest BCUT2D eigenvalue weighted by Gasteiger charge is 2.51. The standard InChI is InChI=1S/C31H40N2/c1-5-33-29-11-6-22(15-28(29)21(2)16-30(33,3)4)20-32-27-9-7-26(8-10-27)31-17-23-12-24(18-31)14-25(13-23)19-31/h6-11,15,20-21,23-25H,5,12-14,16-19H2,1-4H3. The Morgan fingerprint density at radius 3 is 2.15 bits per heavy atom. The number of nitrogens with zero attached hydrogens (tertiary/aromatic N) is 2. The van der Waals surface area contributed by atoms with Crippen LogP contribution in [0.25, 0.3) is 0 Å². The fraction of sp³-hybridized carbons (Fsp3) is 0.581. The summed E-state index contributed by atoms with van der Waals surface area (Å²) in [5.41, 5.74) is 7.44. The van der Waals surface area contributed by atoms with Crippen molar-refractivity contribution in [1.29, 1.82) is 0 Å².